The lowest BCUT2D eigenvalue weighted by atomic mass is 9.46. The van der Waals surface area contributed by atoms with E-state index in [-0.39, 0.29) is 29.0 Å². The maximum Gasteiger partial charge on any atom is 0.0757 e. The van der Waals surface area contributed by atoms with Crippen molar-refractivity contribution in [3.8, 4) is 0 Å². The lowest BCUT2D eigenvalue weighted by Crippen LogP contribution is -2.55. The zero-order chi connectivity index (χ0) is 23.4. The number of fused-ring (bicyclic) bond motifs is 5. The standard InChI is InChI=1S/C29H50O3/c1-7-19(17(2)3)9-8-18(4)27-25(32)16-23-26-22(11-13-29(23,27)6)28(5)12-10-21(30)14-20(28)15-24(26)31/h15,17-19,21-27,30-32H,7-14,16H2,1-6H3/t18-,19?,21+,22+,23+,24-,25+,26?,27+,28+,29+/m1/s1. The van der Waals surface area contributed by atoms with Crippen molar-refractivity contribution in [1.29, 1.82) is 0 Å². The lowest BCUT2D eigenvalue weighted by Gasteiger charge is -2.59. The molecule has 3 heteroatoms. The molecule has 4 aliphatic carbocycles. The van der Waals surface area contributed by atoms with Gasteiger partial charge in [-0.25, -0.2) is 0 Å². The van der Waals surface area contributed by atoms with Crippen molar-refractivity contribution in [2.24, 2.45) is 52.3 Å². The van der Waals surface area contributed by atoms with Crippen LogP contribution in [0.5, 0.6) is 0 Å². The molecule has 0 amide bonds. The molecule has 0 heterocycles. The molecular weight excluding hydrogens is 396 g/mol. The van der Waals surface area contributed by atoms with Gasteiger partial charge in [-0.05, 0) is 97.2 Å². The van der Waals surface area contributed by atoms with Gasteiger partial charge in [0.2, 0.25) is 0 Å². The zero-order valence-corrected chi connectivity index (χ0v) is 21.6. The van der Waals surface area contributed by atoms with E-state index in [2.05, 4.69) is 47.6 Å². The normalized spacial score (nSPS) is 47.9. The van der Waals surface area contributed by atoms with Crippen LogP contribution >= 0.6 is 0 Å². The van der Waals surface area contributed by atoms with Crippen LogP contribution in [-0.2, 0) is 0 Å². The Morgan fingerprint density at radius 2 is 1.72 bits per heavy atom. The molecule has 0 aromatic heterocycles. The Morgan fingerprint density at radius 1 is 1.00 bits per heavy atom. The maximum absolute atomic E-state index is 11.4. The summed E-state index contributed by atoms with van der Waals surface area (Å²) in [6.45, 7) is 14.2. The van der Waals surface area contributed by atoms with E-state index in [1.54, 1.807) is 0 Å². The molecule has 3 nitrogen and oxygen atoms in total. The Balaban J connectivity index is 1.56. The maximum atomic E-state index is 11.4. The van der Waals surface area contributed by atoms with Crippen LogP contribution in [0, 0.1) is 52.3 Å². The molecule has 3 saturated carbocycles. The Labute approximate surface area is 197 Å². The number of rotatable bonds is 6. The fourth-order valence-corrected chi connectivity index (χ4v) is 9.38. The third-order valence-corrected chi connectivity index (χ3v) is 11.3. The summed E-state index contributed by atoms with van der Waals surface area (Å²) in [5.74, 6) is 3.51. The van der Waals surface area contributed by atoms with Gasteiger partial charge in [-0.15, -0.1) is 0 Å². The minimum atomic E-state index is -0.426. The molecule has 11 atom stereocenters. The summed E-state index contributed by atoms with van der Waals surface area (Å²) in [4.78, 5) is 0. The van der Waals surface area contributed by atoms with Gasteiger partial charge in [0.25, 0.3) is 0 Å². The molecule has 184 valence electrons. The van der Waals surface area contributed by atoms with Gasteiger partial charge in [0, 0.05) is 0 Å². The van der Waals surface area contributed by atoms with Crippen molar-refractivity contribution in [3.05, 3.63) is 11.6 Å². The fraction of sp³-hybridized carbons (Fsp3) is 0.931. The van der Waals surface area contributed by atoms with Crippen LogP contribution in [0.3, 0.4) is 0 Å². The Morgan fingerprint density at radius 3 is 2.38 bits per heavy atom. The molecule has 4 rings (SSSR count). The summed E-state index contributed by atoms with van der Waals surface area (Å²) in [5, 5.41) is 33.0. The number of aliphatic hydroxyl groups is 3. The predicted molar refractivity (Wildman–Crippen MR) is 131 cm³/mol. The summed E-state index contributed by atoms with van der Waals surface area (Å²) in [6.07, 6.45) is 10.7. The van der Waals surface area contributed by atoms with Crippen molar-refractivity contribution in [3.63, 3.8) is 0 Å². The minimum Gasteiger partial charge on any atom is -0.393 e. The first kappa shape index (κ1) is 24.7. The summed E-state index contributed by atoms with van der Waals surface area (Å²) in [7, 11) is 0. The van der Waals surface area contributed by atoms with Gasteiger partial charge >= 0.3 is 0 Å². The lowest BCUT2D eigenvalue weighted by molar-refractivity contribution is -0.0989. The van der Waals surface area contributed by atoms with Gasteiger partial charge in [0.05, 0.1) is 18.3 Å². The Hall–Kier alpha value is -0.380. The molecule has 32 heavy (non-hydrogen) atoms. The zero-order valence-electron chi connectivity index (χ0n) is 21.6. The smallest absolute Gasteiger partial charge is 0.0757 e. The first-order valence-corrected chi connectivity index (χ1v) is 13.8. The largest absolute Gasteiger partial charge is 0.393 e. The Bertz CT molecular complexity index is 701. The van der Waals surface area contributed by atoms with Crippen LogP contribution in [0.15, 0.2) is 11.6 Å². The third-order valence-electron chi connectivity index (χ3n) is 11.3. The summed E-state index contributed by atoms with van der Waals surface area (Å²) >= 11 is 0. The first-order valence-electron chi connectivity index (χ1n) is 13.8. The summed E-state index contributed by atoms with van der Waals surface area (Å²) in [6, 6.07) is 0. The van der Waals surface area contributed by atoms with Crippen LogP contribution in [0.4, 0.5) is 0 Å². The molecule has 0 aromatic rings. The molecule has 3 N–H and O–H groups in total. The van der Waals surface area contributed by atoms with Gasteiger partial charge in [-0.2, -0.15) is 0 Å². The molecule has 2 unspecified atom stereocenters. The van der Waals surface area contributed by atoms with E-state index in [9.17, 15) is 15.3 Å². The van der Waals surface area contributed by atoms with E-state index in [1.807, 2.05) is 0 Å². The number of aliphatic hydroxyl groups excluding tert-OH is 3. The fourth-order valence-electron chi connectivity index (χ4n) is 9.38. The van der Waals surface area contributed by atoms with Gasteiger partial charge in [0.15, 0.2) is 0 Å². The van der Waals surface area contributed by atoms with Gasteiger partial charge in [0.1, 0.15) is 0 Å². The van der Waals surface area contributed by atoms with Crippen LogP contribution in [-0.4, -0.2) is 33.6 Å². The van der Waals surface area contributed by atoms with Crippen molar-refractivity contribution in [1.82, 2.24) is 0 Å². The topological polar surface area (TPSA) is 60.7 Å². The molecular formula is C29H50O3. The number of hydrogen-bond donors (Lipinski definition) is 3. The summed E-state index contributed by atoms with van der Waals surface area (Å²) < 4.78 is 0. The molecule has 0 aromatic carbocycles. The predicted octanol–water partition coefficient (Wildman–Crippen LogP) is 5.97. The van der Waals surface area contributed by atoms with Crippen LogP contribution in [0.1, 0.15) is 99.3 Å². The van der Waals surface area contributed by atoms with Gasteiger partial charge in [-0.1, -0.05) is 66.0 Å². The second-order valence-electron chi connectivity index (χ2n) is 13.1. The average Bonchev–Trinajstić information content (AvgIpc) is 2.99. The van der Waals surface area contributed by atoms with Crippen LogP contribution < -0.4 is 0 Å². The highest BCUT2D eigenvalue weighted by molar-refractivity contribution is 5.28. The van der Waals surface area contributed by atoms with Crippen molar-refractivity contribution in [2.75, 3.05) is 0 Å². The summed E-state index contributed by atoms with van der Waals surface area (Å²) in [5.41, 5.74) is 1.54. The highest BCUT2D eigenvalue weighted by atomic mass is 16.3. The van der Waals surface area contributed by atoms with E-state index in [1.165, 1.54) is 31.3 Å². The highest BCUT2D eigenvalue weighted by Gasteiger charge is 2.63. The van der Waals surface area contributed by atoms with Gasteiger partial charge < -0.3 is 15.3 Å². The van der Waals surface area contributed by atoms with E-state index in [0.29, 0.717) is 23.7 Å². The van der Waals surface area contributed by atoms with Crippen LogP contribution in [0.25, 0.3) is 0 Å². The monoisotopic (exact) mass is 446 g/mol. The van der Waals surface area contributed by atoms with Gasteiger partial charge in [-0.3, -0.25) is 0 Å². The second kappa shape index (κ2) is 9.00. The van der Waals surface area contributed by atoms with Crippen molar-refractivity contribution in [2.45, 2.75) is 118 Å². The molecule has 3 fully saturated rings. The quantitative estimate of drug-likeness (QED) is 0.441. The van der Waals surface area contributed by atoms with E-state index in [0.717, 1.165) is 43.9 Å². The molecule has 0 aliphatic heterocycles. The Kier molecular flexibility index (Phi) is 6.96. The number of hydrogen-bond acceptors (Lipinski definition) is 3. The minimum absolute atomic E-state index is 0.116. The molecule has 4 aliphatic rings. The molecule has 0 spiro atoms. The van der Waals surface area contributed by atoms with Crippen molar-refractivity contribution >= 4 is 0 Å². The van der Waals surface area contributed by atoms with E-state index < -0.39 is 6.10 Å². The van der Waals surface area contributed by atoms with Crippen molar-refractivity contribution < 1.29 is 15.3 Å². The van der Waals surface area contributed by atoms with E-state index >= 15 is 0 Å². The average molecular weight is 447 g/mol. The first-order chi connectivity index (χ1) is 15.0. The second-order valence-corrected chi connectivity index (χ2v) is 13.1. The van der Waals surface area contributed by atoms with E-state index in [4.69, 9.17) is 0 Å². The molecule has 0 bridgehead atoms. The molecule has 0 radical (unpaired) electrons. The van der Waals surface area contributed by atoms with Crippen LogP contribution in [0.2, 0.25) is 0 Å². The third kappa shape index (κ3) is 3.93. The SMILES string of the molecule is CCC(CC[C@@H](C)[C@H]1[C@@H](O)C[C@H]2C3[C@H](O)C=C4C[C@@H](O)CC[C@]4(C)[C@H]3CC[C@]12C)C(C)C. The highest BCUT2D eigenvalue weighted by Crippen LogP contribution is 2.67. The molecule has 0 saturated heterocycles.